The van der Waals surface area contributed by atoms with Gasteiger partial charge in [-0.1, -0.05) is 54.1 Å². The fourth-order valence-electron chi connectivity index (χ4n) is 4.28. The SMILES string of the molecule is O=C[C@H](C[C@@H]1CCNC1=O)NC(=O)[C@H](CCC(F)F)NC(=O)OC(c1ccccc1)C(F)(F)c1cccc(Cl)c1. The van der Waals surface area contributed by atoms with Gasteiger partial charge in [0.15, 0.2) is 6.10 Å². The minimum absolute atomic E-state index is 0.0250. The molecule has 0 aliphatic carbocycles. The van der Waals surface area contributed by atoms with E-state index < -0.39 is 66.9 Å². The van der Waals surface area contributed by atoms with Crippen molar-refractivity contribution in [2.75, 3.05) is 6.54 Å². The van der Waals surface area contributed by atoms with Gasteiger partial charge in [-0.3, -0.25) is 9.59 Å². The van der Waals surface area contributed by atoms with Gasteiger partial charge in [-0.2, -0.15) is 8.78 Å². The molecule has 1 aliphatic heterocycles. The van der Waals surface area contributed by atoms with Crippen LogP contribution in [0.2, 0.25) is 5.02 Å². The second-order valence-electron chi connectivity index (χ2n) is 9.26. The van der Waals surface area contributed by atoms with E-state index in [1.54, 1.807) is 6.07 Å². The molecule has 0 bridgehead atoms. The highest BCUT2D eigenvalue weighted by atomic mass is 35.5. The van der Waals surface area contributed by atoms with E-state index in [1.165, 1.54) is 36.4 Å². The summed E-state index contributed by atoms with van der Waals surface area (Å²) in [6, 6.07) is 9.14. The molecule has 8 nitrogen and oxygen atoms in total. The molecule has 216 valence electrons. The molecule has 0 aromatic heterocycles. The first-order valence-electron chi connectivity index (χ1n) is 12.5. The molecule has 13 heteroatoms. The first kappa shape index (κ1) is 30.9. The van der Waals surface area contributed by atoms with Gasteiger partial charge in [0.2, 0.25) is 18.2 Å². The monoisotopic (exact) mass is 585 g/mol. The van der Waals surface area contributed by atoms with Crippen molar-refractivity contribution in [3.8, 4) is 0 Å². The summed E-state index contributed by atoms with van der Waals surface area (Å²) in [5, 5.41) is 7.03. The van der Waals surface area contributed by atoms with Crippen LogP contribution in [-0.4, -0.2) is 49.2 Å². The van der Waals surface area contributed by atoms with Crippen molar-refractivity contribution in [1.29, 1.82) is 0 Å². The first-order valence-corrected chi connectivity index (χ1v) is 12.9. The number of hydrogen-bond acceptors (Lipinski definition) is 5. The Morgan fingerprint density at radius 2 is 1.82 bits per heavy atom. The van der Waals surface area contributed by atoms with Crippen LogP contribution >= 0.6 is 11.6 Å². The molecule has 0 radical (unpaired) electrons. The maximum atomic E-state index is 15.6. The molecule has 1 aliphatic rings. The van der Waals surface area contributed by atoms with Gasteiger partial charge >= 0.3 is 12.0 Å². The van der Waals surface area contributed by atoms with E-state index in [0.29, 0.717) is 19.3 Å². The Hall–Kier alpha value is -3.67. The Labute approximate surface area is 232 Å². The number of nitrogens with one attached hydrogen (secondary N) is 3. The summed E-state index contributed by atoms with van der Waals surface area (Å²) in [6.45, 7) is 0.413. The van der Waals surface area contributed by atoms with Gasteiger partial charge in [-0.15, -0.1) is 0 Å². The zero-order valence-corrected chi connectivity index (χ0v) is 21.9. The van der Waals surface area contributed by atoms with Crippen LogP contribution in [0.3, 0.4) is 0 Å². The third kappa shape index (κ3) is 8.41. The molecule has 2 aromatic rings. The lowest BCUT2D eigenvalue weighted by atomic mass is 9.97. The fourth-order valence-corrected chi connectivity index (χ4v) is 4.47. The number of aldehydes is 1. The summed E-state index contributed by atoms with van der Waals surface area (Å²) in [5.74, 6) is -5.61. The van der Waals surface area contributed by atoms with Gasteiger partial charge < -0.3 is 25.5 Å². The summed E-state index contributed by atoms with van der Waals surface area (Å²) < 4.78 is 62.3. The second-order valence-corrected chi connectivity index (χ2v) is 9.69. The number of amides is 3. The average Bonchev–Trinajstić information content (AvgIpc) is 3.33. The van der Waals surface area contributed by atoms with Crippen LogP contribution in [-0.2, 0) is 25.0 Å². The van der Waals surface area contributed by atoms with E-state index in [1.807, 2.05) is 0 Å². The van der Waals surface area contributed by atoms with Gasteiger partial charge in [0.25, 0.3) is 0 Å². The highest BCUT2D eigenvalue weighted by Gasteiger charge is 2.46. The summed E-state index contributed by atoms with van der Waals surface area (Å²) in [5.41, 5.74) is -0.620. The van der Waals surface area contributed by atoms with Crippen LogP contribution in [0.5, 0.6) is 0 Å². The van der Waals surface area contributed by atoms with Crippen molar-refractivity contribution in [2.24, 2.45) is 5.92 Å². The molecule has 0 saturated carbocycles. The van der Waals surface area contributed by atoms with Crippen LogP contribution in [0.25, 0.3) is 0 Å². The third-order valence-corrected chi connectivity index (χ3v) is 6.58. The predicted octanol–water partition coefficient (Wildman–Crippen LogP) is 4.52. The smallest absolute Gasteiger partial charge is 0.408 e. The van der Waals surface area contributed by atoms with Crippen LogP contribution in [0, 0.1) is 5.92 Å². The Morgan fingerprint density at radius 1 is 1.10 bits per heavy atom. The number of rotatable bonds is 13. The number of carbonyl (C=O) groups is 4. The van der Waals surface area contributed by atoms with Crippen molar-refractivity contribution in [1.82, 2.24) is 16.0 Å². The largest absolute Gasteiger partial charge is 0.434 e. The molecular formula is C27H28ClF4N3O5. The average molecular weight is 586 g/mol. The van der Waals surface area contributed by atoms with Gasteiger partial charge in [0.05, 0.1) is 6.04 Å². The van der Waals surface area contributed by atoms with Crippen LogP contribution in [0.1, 0.15) is 42.9 Å². The van der Waals surface area contributed by atoms with Crippen molar-refractivity contribution >= 4 is 35.8 Å². The molecule has 2 aromatic carbocycles. The third-order valence-electron chi connectivity index (χ3n) is 6.34. The van der Waals surface area contributed by atoms with E-state index in [0.717, 1.165) is 12.1 Å². The Kier molecular flexibility index (Phi) is 10.9. The molecule has 40 heavy (non-hydrogen) atoms. The van der Waals surface area contributed by atoms with E-state index in [4.69, 9.17) is 16.3 Å². The molecule has 3 amide bonds. The molecule has 0 spiro atoms. The lowest BCUT2D eigenvalue weighted by Gasteiger charge is -2.29. The number of carbonyl (C=O) groups excluding carboxylic acids is 4. The summed E-state index contributed by atoms with van der Waals surface area (Å²) in [6.07, 6.45) is -7.05. The quantitative estimate of drug-likeness (QED) is 0.236. The number of halogens is 5. The number of ether oxygens (including phenoxy) is 1. The van der Waals surface area contributed by atoms with Crippen molar-refractivity contribution in [3.05, 3.63) is 70.7 Å². The zero-order chi connectivity index (χ0) is 29.3. The van der Waals surface area contributed by atoms with Crippen molar-refractivity contribution in [2.45, 2.75) is 56.2 Å². The van der Waals surface area contributed by atoms with E-state index in [9.17, 15) is 28.0 Å². The molecule has 3 N–H and O–H groups in total. The molecule has 1 fully saturated rings. The number of hydrogen-bond donors (Lipinski definition) is 3. The van der Waals surface area contributed by atoms with Crippen molar-refractivity contribution < 1.29 is 41.5 Å². The lowest BCUT2D eigenvalue weighted by Crippen LogP contribution is -2.51. The Morgan fingerprint density at radius 3 is 2.42 bits per heavy atom. The highest BCUT2D eigenvalue weighted by molar-refractivity contribution is 6.30. The molecule has 1 saturated heterocycles. The second kappa shape index (κ2) is 14.1. The van der Waals surface area contributed by atoms with Crippen LogP contribution in [0.15, 0.2) is 54.6 Å². The Balaban J connectivity index is 1.78. The number of alkyl carbamates (subject to hydrolysis) is 1. The van der Waals surface area contributed by atoms with Gasteiger partial charge in [-0.25, -0.2) is 13.6 Å². The maximum absolute atomic E-state index is 15.6. The Bertz CT molecular complexity index is 1190. The summed E-state index contributed by atoms with van der Waals surface area (Å²) in [7, 11) is 0. The van der Waals surface area contributed by atoms with Crippen LogP contribution < -0.4 is 16.0 Å². The number of benzene rings is 2. The molecule has 1 heterocycles. The summed E-state index contributed by atoms with van der Waals surface area (Å²) in [4.78, 5) is 49.1. The highest BCUT2D eigenvalue weighted by Crippen LogP contribution is 2.43. The van der Waals surface area contributed by atoms with Crippen LogP contribution in [0.4, 0.5) is 22.4 Å². The van der Waals surface area contributed by atoms with Gasteiger partial charge in [-0.05, 0) is 37.0 Å². The van der Waals surface area contributed by atoms with E-state index in [2.05, 4.69) is 16.0 Å². The van der Waals surface area contributed by atoms with E-state index >= 15 is 8.78 Å². The zero-order valence-electron chi connectivity index (χ0n) is 21.1. The normalized spacial score (nSPS) is 17.4. The first-order chi connectivity index (χ1) is 19.0. The molecule has 4 atom stereocenters. The topological polar surface area (TPSA) is 114 Å². The van der Waals surface area contributed by atoms with Gasteiger partial charge in [0.1, 0.15) is 12.3 Å². The minimum Gasteiger partial charge on any atom is -0.434 e. The van der Waals surface area contributed by atoms with Gasteiger partial charge in [0, 0.05) is 29.5 Å². The lowest BCUT2D eigenvalue weighted by molar-refractivity contribution is -0.129. The van der Waals surface area contributed by atoms with E-state index in [-0.39, 0.29) is 22.9 Å². The molecular weight excluding hydrogens is 558 g/mol. The predicted molar refractivity (Wildman–Crippen MR) is 137 cm³/mol. The molecule has 1 unspecified atom stereocenters. The minimum atomic E-state index is -3.78. The summed E-state index contributed by atoms with van der Waals surface area (Å²) >= 11 is 5.88. The molecule has 3 rings (SSSR count). The maximum Gasteiger partial charge on any atom is 0.408 e. The number of alkyl halides is 4. The fraction of sp³-hybridized carbons (Fsp3) is 0.407. The standard InChI is InChI=1S/C27H28ClF4N3O5/c28-19-8-4-7-18(14-19)27(31,32)23(16-5-2-1-3-6-16)40-26(39)35-21(9-10-22(29)30)25(38)34-20(15-36)13-17-11-12-33-24(17)37/h1-8,14-15,17,20-23H,9-13H2,(H,33,37)(H,34,38)(H,35,39)/t17-,20-,21-,23?/m0/s1. The van der Waals surface area contributed by atoms with Crippen molar-refractivity contribution in [3.63, 3.8) is 0 Å².